The lowest BCUT2D eigenvalue weighted by molar-refractivity contribution is 0.587. The highest BCUT2D eigenvalue weighted by Crippen LogP contribution is 2.21. The largest absolute Gasteiger partial charge is 0.399 e. The molecule has 0 amide bonds. The summed E-state index contributed by atoms with van der Waals surface area (Å²) in [5.74, 6) is -1.85. The summed E-state index contributed by atoms with van der Waals surface area (Å²) in [4.78, 5) is 0. The average Bonchev–Trinajstić information content (AvgIpc) is 2.22. The lowest BCUT2D eigenvalue weighted by Gasteiger charge is -2.09. The van der Waals surface area contributed by atoms with Gasteiger partial charge >= 0.3 is 0 Å². The van der Waals surface area contributed by atoms with Gasteiger partial charge in [0.2, 0.25) is 0 Å². The van der Waals surface area contributed by atoms with Crippen molar-refractivity contribution in [2.45, 2.75) is 6.92 Å². The summed E-state index contributed by atoms with van der Waals surface area (Å²) in [7, 11) is -3.16. The maximum absolute atomic E-state index is 13.3. The monoisotopic (exact) mass is 264 g/mol. The van der Waals surface area contributed by atoms with Gasteiger partial charge in [0.1, 0.15) is 5.69 Å². The number of sulfone groups is 1. The van der Waals surface area contributed by atoms with Crippen molar-refractivity contribution in [3.8, 4) is 0 Å². The third-order valence-corrected chi connectivity index (χ3v) is 3.92. The van der Waals surface area contributed by atoms with Crippen LogP contribution in [0.3, 0.4) is 0 Å². The molecule has 1 rings (SSSR count). The summed E-state index contributed by atoms with van der Waals surface area (Å²) in [5.41, 5.74) is 4.87. The molecule has 96 valence electrons. The third kappa shape index (κ3) is 3.85. The van der Waals surface area contributed by atoms with Gasteiger partial charge < -0.3 is 11.1 Å². The predicted molar refractivity (Wildman–Crippen MR) is 63.6 cm³/mol. The van der Waals surface area contributed by atoms with Gasteiger partial charge in [-0.25, -0.2) is 17.2 Å². The summed E-state index contributed by atoms with van der Waals surface area (Å²) < 4.78 is 48.9. The average molecular weight is 264 g/mol. The van der Waals surface area contributed by atoms with Gasteiger partial charge in [-0.3, -0.25) is 0 Å². The van der Waals surface area contributed by atoms with Crippen molar-refractivity contribution in [3.63, 3.8) is 0 Å². The van der Waals surface area contributed by atoms with Gasteiger partial charge in [0.25, 0.3) is 0 Å². The standard InChI is InChI=1S/C10H14F2N2O2S/c1-2-17(15,16)4-3-14-10-8(11)5-7(13)6-9(10)12/h5-6,14H,2-4,13H2,1H3. The summed E-state index contributed by atoms with van der Waals surface area (Å²) in [6, 6.07) is 1.94. The molecule has 1 aromatic rings. The van der Waals surface area contributed by atoms with Gasteiger partial charge in [0, 0.05) is 18.0 Å². The van der Waals surface area contributed by atoms with Crippen LogP contribution in [0, 0.1) is 11.6 Å². The van der Waals surface area contributed by atoms with Gasteiger partial charge in [-0.2, -0.15) is 0 Å². The number of hydrogen-bond donors (Lipinski definition) is 2. The first kappa shape index (κ1) is 13.7. The second-order valence-electron chi connectivity index (χ2n) is 3.52. The molecule has 7 heteroatoms. The number of benzene rings is 1. The van der Waals surface area contributed by atoms with Crippen molar-refractivity contribution in [2.75, 3.05) is 29.1 Å². The van der Waals surface area contributed by atoms with Gasteiger partial charge in [-0.1, -0.05) is 6.92 Å². The van der Waals surface area contributed by atoms with Crippen LogP contribution in [0.4, 0.5) is 20.2 Å². The smallest absolute Gasteiger partial charge is 0.151 e. The van der Waals surface area contributed by atoms with Crippen molar-refractivity contribution < 1.29 is 17.2 Å². The molecule has 0 aliphatic rings. The fourth-order valence-electron chi connectivity index (χ4n) is 1.24. The van der Waals surface area contributed by atoms with E-state index in [1.165, 1.54) is 6.92 Å². The molecule has 0 atom stereocenters. The van der Waals surface area contributed by atoms with Crippen LogP contribution in [-0.2, 0) is 9.84 Å². The summed E-state index contributed by atoms with van der Waals surface area (Å²) >= 11 is 0. The highest BCUT2D eigenvalue weighted by molar-refractivity contribution is 7.91. The number of halogens is 2. The first-order valence-corrected chi connectivity index (χ1v) is 6.86. The first-order chi connectivity index (χ1) is 7.85. The van der Waals surface area contributed by atoms with Gasteiger partial charge in [0.15, 0.2) is 21.5 Å². The normalized spacial score (nSPS) is 11.5. The molecular weight excluding hydrogens is 250 g/mol. The topological polar surface area (TPSA) is 72.2 Å². The number of nitrogens with one attached hydrogen (secondary N) is 1. The quantitative estimate of drug-likeness (QED) is 0.788. The Hall–Kier alpha value is -1.37. The van der Waals surface area contributed by atoms with E-state index in [1.807, 2.05) is 0 Å². The van der Waals surface area contributed by atoms with Crippen LogP contribution in [-0.4, -0.2) is 26.5 Å². The minimum atomic E-state index is -3.16. The molecule has 0 aromatic heterocycles. The van der Waals surface area contributed by atoms with E-state index in [9.17, 15) is 17.2 Å². The molecular formula is C10H14F2N2O2S. The Kier molecular flexibility index (Phi) is 4.28. The van der Waals surface area contributed by atoms with Crippen LogP contribution < -0.4 is 11.1 Å². The second kappa shape index (κ2) is 5.31. The second-order valence-corrected chi connectivity index (χ2v) is 6.00. The van der Waals surface area contributed by atoms with Crippen LogP contribution in [0.5, 0.6) is 0 Å². The number of rotatable bonds is 5. The fraction of sp³-hybridized carbons (Fsp3) is 0.400. The maximum atomic E-state index is 13.3. The van der Waals surface area contributed by atoms with Crippen molar-refractivity contribution in [2.24, 2.45) is 0 Å². The predicted octanol–water partition coefficient (Wildman–Crippen LogP) is 1.39. The Balaban J connectivity index is 2.71. The number of nitrogen functional groups attached to an aromatic ring is 1. The van der Waals surface area contributed by atoms with E-state index in [0.29, 0.717) is 0 Å². The Morgan fingerprint density at radius 3 is 2.29 bits per heavy atom. The van der Waals surface area contributed by atoms with Crippen LogP contribution in [0.25, 0.3) is 0 Å². The zero-order chi connectivity index (χ0) is 13.1. The molecule has 0 aliphatic carbocycles. The molecule has 17 heavy (non-hydrogen) atoms. The van der Waals surface area contributed by atoms with Gasteiger partial charge in [-0.15, -0.1) is 0 Å². The fourth-order valence-corrected chi connectivity index (χ4v) is 1.94. The Morgan fingerprint density at radius 1 is 1.29 bits per heavy atom. The van der Waals surface area contributed by atoms with Crippen molar-refractivity contribution >= 4 is 21.2 Å². The van der Waals surface area contributed by atoms with E-state index in [2.05, 4.69) is 5.32 Å². The number of hydrogen-bond acceptors (Lipinski definition) is 4. The minimum absolute atomic E-state index is 0.00137. The number of nitrogens with two attached hydrogens (primary N) is 1. The van der Waals surface area contributed by atoms with Gasteiger partial charge in [-0.05, 0) is 12.1 Å². The molecule has 0 saturated carbocycles. The van der Waals surface area contributed by atoms with E-state index in [-0.39, 0.29) is 29.4 Å². The Labute approximate surface area is 98.7 Å². The lowest BCUT2D eigenvalue weighted by Crippen LogP contribution is -2.18. The van der Waals surface area contributed by atoms with Crippen molar-refractivity contribution in [1.82, 2.24) is 0 Å². The summed E-state index contributed by atoms with van der Waals surface area (Å²) in [6.07, 6.45) is 0. The molecule has 0 radical (unpaired) electrons. The van der Waals surface area contributed by atoms with Crippen LogP contribution in [0.2, 0.25) is 0 Å². The molecule has 0 unspecified atom stereocenters. The first-order valence-electron chi connectivity index (χ1n) is 5.04. The molecule has 0 bridgehead atoms. The minimum Gasteiger partial charge on any atom is -0.399 e. The molecule has 1 aromatic carbocycles. The maximum Gasteiger partial charge on any atom is 0.151 e. The molecule has 4 nitrogen and oxygen atoms in total. The van der Waals surface area contributed by atoms with Crippen molar-refractivity contribution in [1.29, 1.82) is 0 Å². The van der Waals surface area contributed by atoms with E-state index in [4.69, 9.17) is 5.73 Å². The summed E-state index contributed by atoms with van der Waals surface area (Å²) in [5, 5.41) is 2.41. The van der Waals surface area contributed by atoms with E-state index >= 15 is 0 Å². The van der Waals surface area contributed by atoms with Crippen LogP contribution in [0.15, 0.2) is 12.1 Å². The zero-order valence-electron chi connectivity index (χ0n) is 9.33. The lowest BCUT2D eigenvalue weighted by atomic mass is 10.2. The van der Waals surface area contributed by atoms with Crippen molar-refractivity contribution in [3.05, 3.63) is 23.8 Å². The Morgan fingerprint density at radius 2 is 1.82 bits per heavy atom. The van der Waals surface area contributed by atoms with E-state index in [1.54, 1.807) is 0 Å². The highest BCUT2D eigenvalue weighted by Gasteiger charge is 2.12. The van der Waals surface area contributed by atoms with Crippen LogP contribution >= 0.6 is 0 Å². The summed E-state index contributed by atoms with van der Waals surface area (Å²) in [6.45, 7) is 1.47. The van der Waals surface area contributed by atoms with E-state index < -0.39 is 21.5 Å². The molecule has 0 saturated heterocycles. The van der Waals surface area contributed by atoms with Crippen LogP contribution in [0.1, 0.15) is 6.92 Å². The van der Waals surface area contributed by atoms with Gasteiger partial charge in [0.05, 0.1) is 5.75 Å². The molecule has 0 spiro atoms. The zero-order valence-corrected chi connectivity index (χ0v) is 10.2. The van der Waals surface area contributed by atoms with E-state index in [0.717, 1.165) is 12.1 Å². The number of anilines is 2. The molecule has 3 N–H and O–H groups in total. The Bertz CT molecular complexity index is 480. The molecule has 0 aliphatic heterocycles. The molecule has 0 heterocycles. The third-order valence-electron chi connectivity index (χ3n) is 2.22. The molecule has 0 fully saturated rings. The SMILES string of the molecule is CCS(=O)(=O)CCNc1c(F)cc(N)cc1F. The highest BCUT2D eigenvalue weighted by atomic mass is 32.2.